The number of piperazine rings is 1. The molecule has 1 aliphatic rings. The molecule has 126 valence electrons. The highest BCUT2D eigenvalue weighted by Crippen LogP contribution is 2.20. The Morgan fingerprint density at radius 3 is 2.92 bits per heavy atom. The van der Waals surface area contributed by atoms with E-state index < -0.39 is 0 Å². The summed E-state index contributed by atoms with van der Waals surface area (Å²) in [6.45, 7) is 3.46. The maximum Gasteiger partial charge on any atom is 0.234 e. The average Bonchev–Trinajstić information content (AvgIpc) is 2.62. The van der Waals surface area contributed by atoms with Gasteiger partial charge in [-0.25, -0.2) is 0 Å². The molecule has 0 saturated carbocycles. The van der Waals surface area contributed by atoms with Crippen LogP contribution in [0.2, 0.25) is 5.02 Å². The molecule has 0 aliphatic carbocycles. The number of benzene rings is 1. The highest BCUT2D eigenvalue weighted by molar-refractivity contribution is 6.30. The maximum absolute atomic E-state index is 12.3. The van der Waals surface area contributed by atoms with E-state index in [0.29, 0.717) is 18.1 Å². The first-order valence-electron chi connectivity index (χ1n) is 8.08. The molecule has 0 spiro atoms. The first-order chi connectivity index (χ1) is 11.7. The summed E-state index contributed by atoms with van der Waals surface area (Å²) in [6, 6.07) is 11.7. The molecule has 1 unspecified atom stereocenters. The molecule has 0 radical (unpaired) electrons. The van der Waals surface area contributed by atoms with Crippen LogP contribution in [0.4, 0.5) is 0 Å². The number of pyridine rings is 1. The third-order valence-corrected chi connectivity index (χ3v) is 4.43. The summed E-state index contributed by atoms with van der Waals surface area (Å²) >= 11 is 5.87. The van der Waals surface area contributed by atoms with Gasteiger partial charge in [-0.3, -0.25) is 14.7 Å². The van der Waals surface area contributed by atoms with Crippen molar-refractivity contribution in [2.45, 2.75) is 12.6 Å². The topological polar surface area (TPSA) is 57.3 Å². The van der Waals surface area contributed by atoms with Gasteiger partial charge in [-0.15, -0.1) is 0 Å². The zero-order valence-corrected chi connectivity index (χ0v) is 14.2. The zero-order chi connectivity index (χ0) is 16.8. The molecule has 5 nitrogen and oxygen atoms in total. The van der Waals surface area contributed by atoms with E-state index in [-0.39, 0.29) is 11.9 Å². The summed E-state index contributed by atoms with van der Waals surface area (Å²) in [7, 11) is 0. The molecular formula is C18H21ClN4O. The minimum Gasteiger partial charge on any atom is -0.351 e. The second-order valence-electron chi connectivity index (χ2n) is 5.88. The number of nitrogens with zero attached hydrogens (tertiary/aromatic N) is 2. The van der Waals surface area contributed by atoms with Crippen LogP contribution < -0.4 is 10.6 Å². The molecule has 1 atom stereocenters. The Hall–Kier alpha value is -1.95. The average molecular weight is 345 g/mol. The Bertz CT molecular complexity index is 662. The van der Waals surface area contributed by atoms with Crippen LogP contribution in [-0.4, -0.2) is 42.0 Å². The molecule has 1 aliphatic heterocycles. The number of halogens is 1. The van der Waals surface area contributed by atoms with Crippen molar-refractivity contribution < 1.29 is 4.79 Å². The van der Waals surface area contributed by atoms with Crippen molar-refractivity contribution in [3.05, 3.63) is 64.9 Å². The second-order valence-corrected chi connectivity index (χ2v) is 6.32. The minimum absolute atomic E-state index is 0.0285. The monoisotopic (exact) mass is 344 g/mol. The highest BCUT2D eigenvalue weighted by Gasteiger charge is 2.25. The summed E-state index contributed by atoms with van der Waals surface area (Å²) in [5.74, 6) is 0.0285. The van der Waals surface area contributed by atoms with Gasteiger partial charge in [0.1, 0.15) is 0 Å². The van der Waals surface area contributed by atoms with Crippen LogP contribution in [0.3, 0.4) is 0 Å². The number of hydrogen-bond acceptors (Lipinski definition) is 4. The molecule has 2 aromatic rings. The SMILES string of the molecule is O=C(CN1CCNCC1c1cccnc1)NCc1ccc(Cl)cc1. The van der Waals surface area contributed by atoms with E-state index in [1.165, 1.54) is 0 Å². The summed E-state index contributed by atoms with van der Waals surface area (Å²) < 4.78 is 0. The Morgan fingerprint density at radius 1 is 1.33 bits per heavy atom. The van der Waals surface area contributed by atoms with Crippen molar-refractivity contribution in [3.63, 3.8) is 0 Å². The van der Waals surface area contributed by atoms with Gasteiger partial charge in [-0.05, 0) is 29.3 Å². The molecular weight excluding hydrogens is 324 g/mol. The van der Waals surface area contributed by atoms with Gasteiger partial charge in [0, 0.05) is 49.6 Å². The summed E-state index contributed by atoms with van der Waals surface area (Å²) in [5.41, 5.74) is 2.17. The Morgan fingerprint density at radius 2 is 2.17 bits per heavy atom. The van der Waals surface area contributed by atoms with Gasteiger partial charge in [0.05, 0.1) is 6.54 Å². The molecule has 1 aromatic carbocycles. The largest absolute Gasteiger partial charge is 0.351 e. The summed E-state index contributed by atoms with van der Waals surface area (Å²) in [5, 5.41) is 7.06. The lowest BCUT2D eigenvalue weighted by Gasteiger charge is -2.35. The van der Waals surface area contributed by atoms with Crippen LogP contribution in [0.5, 0.6) is 0 Å². The van der Waals surface area contributed by atoms with Crippen LogP contribution in [0, 0.1) is 0 Å². The van der Waals surface area contributed by atoms with Gasteiger partial charge >= 0.3 is 0 Å². The van der Waals surface area contributed by atoms with E-state index in [1.807, 2.05) is 36.5 Å². The quantitative estimate of drug-likeness (QED) is 0.871. The molecule has 1 saturated heterocycles. The molecule has 0 bridgehead atoms. The van der Waals surface area contributed by atoms with E-state index in [2.05, 4.69) is 26.6 Å². The third kappa shape index (κ3) is 4.54. The highest BCUT2D eigenvalue weighted by atomic mass is 35.5. The fourth-order valence-electron chi connectivity index (χ4n) is 2.88. The van der Waals surface area contributed by atoms with Gasteiger partial charge < -0.3 is 10.6 Å². The summed E-state index contributed by atoms with van der Waals surface area (Å²) in [6.07, 6.45) is 3.64. The number of rotatable bonds is 5. The smallest absolute Gasteiger partial charge is 0.234 e. The molecule has 1 aromatic heterocycles. The third-order valence-electron chi connectivity index (χ3n) is 4.17. The standard InChI is InChI=1S/C18H21ClN4O/c19-16-5-3-14(4-6-16)10-22-18(24)13-23-9-8-21-12-17(23)15-2-1-7-20-11-15/h1-7,11,17,21H,8-10,12-13H2,(H,22,24). The molecule has 2 N–H and O–H groups in total. The molecule has 3 rings (SSSR count). The van der Waals surface area contributed by atoms with Gasteiger partial charge in [0.25, 0.3) is 0 Å². The number of carbonyl (C=O) groups excluding carboxylic acids is 1. The van der Waals surface area contributed by atoms with E-state index in [1.54, 1.807) is 6.20 Å². The lowest BCUT2D eigenvalue weighted by molar-refractivity contribution is -0.123. The van der Waals surface area contributed by atoms with Crippen LogP contribution >= 0.6 is 11.6 Å². The van der Waals surface area contributed by atoms with Gasteiger partial charge in [-0.2, -0.15) is 0 Å². The molecule has 24 heavy (non-hydrogen) atoms. The summed E-state index contributed by atoms with van der Waals surface area (Å²) in [4.78, 5) is 18.7. The van der Waals surface area contributed by atoms with E-state index in [0.717, 1.165) is 30.8 Å². The predicted octanol–water partition coefficient (Wildman–Crippen LogP) is 2.00. The number of hydrogen-bond donors (Lipinski definition) is 2. The normalized spacial score (nSPS) is 18.3. The molecule has 1 amide bonds. The number of carbonyl (C=O) groups is 1. The lowest BCUT2D eigenvalue weighted by atomic mass is 10.1. The van der Waals surface area contributed by atoms with Gasteiger partial charge in [0.2, 0.25) is 5.91 Å². The van der Waals surface area contributed by atoms with Crippen molar-refractivity contribution >= 4 is 17.5 Å². The second kappa shape index (κ2) is 8.24. The predicted molar refractivity (Wildman–Crippen MR) is 94.7 cm³/mol. The van der Waals surface area contributed by atoms with Gasteiger partial charge in [0.15, 0.2) is 0 Å². The van der Waals surface area contributed by atoms with E-state index >= 15 is 0 Å². The maximum atomic E-state index is 12.3. The number of amides is 1. The van der Waals surface area contributed by atoms with Crippen LogP contribution in [0.15, 0.2) is 48.8 Å². The van der Waals surface area contributed by atoms with Crippen LogP contribution in [0.25, 0.3) is 0 Å². The fourth-order valence-corrected chi connectivity index (χ4v) is 3.01. The van der Waals surface area contributed by atoms with Crippen molar-refractivity contribution in [1.29, 1.82) is 0 Å². The van der Waals surface area contributed by atoms with Crippen LogP contribution in [-0.2, 0) is 11.3 Å². The first-order valence-corrected chi connectivity index (χ1v) is 8.46. The van der Waals surface area contributed by atoms with Crippen molar-refractivity contribution in [2.75, 3.05) is 26.2 Å². The fraction of sp³-hybridized carbons (Fsp3) is 0.333. The zero-order valence-electron chi connectivity index (χ0n) is 13.4. The van der Waals surface area contributed by atoms with E-state index in [9.17, 15) is 4.79 Å². The van der Waals surface area contributed by atoms with Crippen molar-refractivity contribution in [2.24, 2.45) is 0 Å². The Labute approximate surface area is 147 Å². The van der Waals surface area contributed by atoms with Crippen molar-refractivity contribution in [1.82, 2.24) is 20.5 Å². The van der Waals surface area contributed by atoms with E-state index in [4.69, 9.17) is 11.6 Å². The minimum atomic E-state index is 0.0285. The van der Waals surface area contributed by atoms with Gasteiger partial charge in [-0.1, -0.05) is 29.8 Å². The number of nitrogens with one attached hydrogen (secondary N) is 2. The number of aromatic nitrogens is 1. The molecule has 2 heterocycles. The molecule has 1 fully saturated rings. The van der Waals surface area contributed by atoms with Crippen LogP contribution in [0.1, 0.15) is 17.2 Å². The van der Waals surface area contributed by atoms with Crippen molar-refractivity contribution in [3.8, 4) is 0 Å². The Kier molecular flexibility index (Phi) is 5.80. The first kappa shape index (κ1) is 16.9. The Balaban J connectivity index is 1.56. The molecule has 6 heteroatoms. The lowest BCUT2D eigenvalue weighted by Crippen LogP contribution is -2.49.